The smallest absolute Gasteiger partial charge is 0.310 e. The Hall–Kier alpha value is -2.59. The van der Waals surface area contributed by atoms with Gasteiger partial charge in [0.2, 0.25) is 0 Å². The summed E-state index contributed by atoms with van der Waals surface area (Å²) >= 11 is 1.74. The summed E-state index contributed by atoms with van der Waals surface area (Å²) in [5.74, 6) is 0.897. The summed E-state index contributed by atoms with van der Waals surface area (Å²) < 4.78 is 10.4. The van der Waals surface area contributed by atoms with Gasteiger partial charge in [0.25, 0.3) is 0 Å². The van der Waals surface area contributed by atoms with Crippen LogP contribution in [0.3, 0.4) is 0 Å². The SMILES string of the molecule is CCOC(=O)Cc1cc(C(C)c2ccccc2)sc1-c1ccc(OC)cc1. The Morgan fingerprint density at radius 2 is 1.78 bits per heavy atom. The topological polar surface area (TPSA) is 35.5 Å². The van der Waals surface area contributed by atoms with E-state index in [-0.39, 0.29) is 18.3 Å². The summed E-state index contributed by atoms with van der Waals surface area (Å²) in [6, 6.07) is 20.6. The Labute approximate surface area is 164 Å². The van der Waals surface area contributed by atoms with Crippen LogP contribution in [0.1, 0.15) is 35.8 Å². The molecule has 3 nitrogen and oxygen atoms in total. The molecule has 0 N–H and O–H groups in total. The first-order valence-corrected chi connectivity index (χ1v) is 9.91. The molecule has 0 aliphatic heterocycles. The number of esters is 1. The van der Waals surface area contributed by atoms with Crippen molar-refractivity contribution in [2.24, 2.45) is 0 Å². The summed E-state index contributed by atoms with van der Waals surface area (Å²) in [5, 5.41) is 0. The van der Waals surface area contributed by atoms with Crippen LogP contribution >= 0.6 is 11.3 Å². The van der Waals surface area contributed by atoms with Gasteiger partial charge in [0, 0.05) is 15.7 Å². The van der Waals surface area contributed by atoms with E-state index in [9.17, 15) is 4.79 Å². The highest BCUT2D eigenvalue weighted by Crippen LogP contribution is 2.39. The van der Waals surface area contributed by atoms with E-state index in [0.29, 0.717) is 6.61 Å². The van der Waals surface area contributed by atoms with E-state index >= 15 is 0 Å². The number of hydrogen-bond donors (Lipinski definition) is 0. The van der Waals surface area contributed by atoms with E-state index in [1.807, 2.05) is 37.3 Å². The number of hydrogen-bond acceptors (Lipinski definition) is 4. The molecule has 4 heteroatoms. The van der Waals surface area contributed by atoms with E-state index in [1.165, 1.54) is 10.4 Å². The van der Waals surface area contributed by atoms with Crippen molar-refractivity contribution in [3.05, 3.63) is 76.7 Å². The molecular formula is C23H24O3S. The standard InChI is InChI=1S/C23H24O3S/c1-4-26-22(24)15-19-14-21(16(2)17-8-6-5-7-9-17)27-23(19)18-10-12-20(25-3)13-11-18/h5-14,16H,4,15H2,1-3H3. The van der Waals surface area contributed by atoms with E-state index < -0.39 is 0 Å². The fourth-order valence-corrected chi connectivity index (χ4v) is 4.32. The minimum Gasteiger partial charge on any atom is -0.497 e. The quantitative estimate of drug-likeness (QED) is 0.495. The van der Waals surface area contributed by atoms with Gasteiger partial charge >= 0.3 is 5.97 Å². The fraction of sp³-hybridized carbons (Fsp3) is 0.261. The Morgan fingerprint density at radius 1 is 1.07 bits per heavy atom. The zero-order chi connectivity index (χ0) is 19.2. The number of methoxy groups -OCH3 is 1. The van der Waals surface area contributed by atoms with Gasteiger partial charge in [0.05, 0.1) is 20.1 Å². The number of thiophene rings is 1. The lowest BCUT2D eigenvalue weighted by Crippen LogP contribution is -2.07. The van der Waals surface area contributed by atoms with Gasteiger partial charge in [-0.25, -0.2) is 0 Å². The van der Waals surface area contributed by atoms with E-state index in [2.05, 4.69) is 37.3 Å². The van der Waals surface area contributed by atoms with Gasteiger partial charge < -0.3 is 9.47 Å². The van der Waals surface area contributed by atoms with Crippen molar-refractivity contribution < 1.29 is 14.3 Å². The first-order valence-electron chi connectivity index (χ1n) is 9.10. The summed E-state index contributed by atoms with van der Waals surface area (Å²) in [5.41, 5.74) is 3.37. The molecule has 27 heavy (non-hydrogen) atoms. The van der Waals surface area contributed by atoms with Gasteiger partial charge in [-0.2, -0.15) is 0 Å². The van der Waals surface area contributed by atoms with Crippen molar-refractivity contribution in [2.45, 2.75) is 26.2 Å². The Balaban J connectivity index is 1.98. The predicted octanol–water partition coefficient (Wildman–Crippen LogP) is 5.68. The molecule has 0 aliphatic rings. The fourth-order valence-electron chi connectivity index (χ4n) is 3.06. The Bertz CT molecular complexity index is 882. The summed E-state index contributed by atoms with van der Waals surface area (Å²) in [6.45, 7) is 4.43. The first kappa shape index (κ1) is 19.2. The number of carbonyl (C=O) groups excluding carboxylic acids is 1. The molecule has 1 unspecified atom stereocenters. The maximum atomic E-state index is 12.1. The average Bonchev–Trinajstić information content (AvgIpc) is 3.12. The highest BCUT2D eigenvalue weighted by molar-refractivity contribution is 7.15. The maximum absolute atomic E-state index is 12.1. The summed E-state index contributed by atoms with van der Waals surface area (Å²) in [4.78, 5) is 14.5. The molecule has 0 radical (unpaired) electrons. The lowest BCUT2D eigenvalue weighted by atomic mass is 9.98. The molecule has 0 spiro atoms. The molecular weight excluding hydrogens is 356 g/mol. The second-order valence-corrected chi connectivity index (χ2v) is 7.43. The second-order valence-electron chi connectivity index (χ2n) is 6.35. The molecule has 140 valence electrons. The molecule has 0 fully saturated rings. The number of ether oxygens (including phenoxy) is 2. The van der Waals surface area contributed by atoms with Gasteiger partial charge in [-0.05, 0) is 53.9 Å². The molecule has 3 rings (SSSR count). The normalized spacial score (nSPS) is 11.8. The van der Waals surface area contributed by atoms with Gasteiger partial charge in [0.1, 0.15) is 5.75 Å². The lowest BCUT2D eigenvalue weighted by molar-refractivity contribution is -0.142. The number of rotatable bonds is 7. The monoisotopic (exact) mass is 380 g/mol. The minimum absolute atomic E-state index is 0.191. The van der Waals surface area contributed by atoms with E-state index in [0.717, 1.165) is 21.8 Å². The molecule has 0 saturated carbocycles. The van der Waals surface area contributed by atoms with Gasteiger partial charge in [-0.3, -0.25) is 4.79 Å². The van der Waals surface area contributed by atoms with Crippen molar-refractivity contribution >= 4 is 17.3 Å². The van der Waals surface area contributed by atoms with Crippen molar-refractivity contribution in [2.75, 3.05) is 13.7 Å². The van der Waals surface area contributed by atoms with Crippen molar-refractivity contribution in [3.8, 4) is 16.2 Å². The van der Waals surface area contributed by atoms with Crippen molar-refractivity contribution in [3.63, 3.8) is 0 Å². The van der Waals surface area contributed by atoms with Crippen LogP contribution < -0.4 is 4.74 Å². The molecule has 1 heterocycles. The van der Waals surface area contributed by atoms with Crippen LogP contribution in [0.2, 0.25) is 0 Å². The van der Waals surface area contributed by atoms with Crippen LogP contribution in [0.15, 0.2) is 60.7 Å². The largest absolute Gasteiger partial charge is 0.497 e. The molecule has 0 saturated heterocycles. The number of carbonyl (C=O) groups is 1. The van der Waals surface area contributed by atoms with Crippen LogP contribution in [0, 0.1) is 0 Å². The first-order chi connectivity index (χ1) is 13.1. The Kier molecular flexibility index (Phi) is 6.30. The molecule has 0 aliphatic carbocycles. The predicted molar refractivity (Wildman–Crippen MR) is 111 cm³/mol. The Morgan fingerprint density at radius 3 is 2.41 bits per heavy atom. The molecule has 0 bridgehead atoms. The summed E-state index contributed by atoms with van der Waals surface area (Å²) in [6.07, 6.45) is 0.285. The second kappa shape index (κ2) is 8.87. The summed E-state index contributed by atoms with van der Waals surface area (Å²) in [7, 11) is 1.66. The highest BCUT2D eigenvalue weighted by Gasteiger charge is 2.19. The highest BCUT2D eigenvalue weighted by atomic mass is 32.1. The maximum Gasteiger partial charge on any atom is 0.310 e. The zero-order valence-electron chi connectivity index (χ0n) is 15.9. The third-order valence-corrected chi connectivity index (χ3v) is 5.96. The van der Waals surface area contributed by atoms with Crippen LogP contribution in [0.5, 0.6) is 5.75 Å². The van der Waals surface area contributed by atoms with Crippen molar-refractivity contribution in [1.29, 1.82) is 0 Å². The molecule has 0 amide bonds. The van der Waals surface area contributed by atoms with Gasteiger partial charge in [-0.1, -0.05) is 37.3 Å². The van der Waals surface area contributed by atoms with Crippen LogP contribution in [-0.4, -0.2) is 19.7 Å². The van der Waals surface area contributed by atoms with Crippen LogP contribution in [0.25, 0.3) is 10.4 Å². The lowest BCUT2D eigenvalue weighted by Gasteiger charge is -2.09. The molecule has 2 aromatic carbocycles. The third kappa shape index (κ3) is 4.58. The average molecular weight is 381 g/mol. The molecule has 3 aromatic rings. The van der Waals surface area contributed by atoms with E-state index in [1.54, 1.807) is 18.4 Å². The third-order valence-electron chi connectivity index (χ3n) is 4.55. The van der Waals surface area contributed by atoms with E-state index in [4.69, 9.17) is 9.47 Å². The van der Waals surface area contributed by atoms with Gasteiger partial charge in [-0.15, -0.1) is 11.3 Å². The van der Waals surface area contributed by atoms with Crippen molar-refractivity contribution in [1.82, 2.24) is 0 Å². The van der Waals surface area contributed by atoms with Crippen LogP contribution in [0.4, 0.5) is 0 Å². The zero-order valence-corrected chi connectivity index (χ0v) is 16.7. The molecule has 1 aromatic heterocycles. The minimum atomic E-state index is -0.191. The molecule has 1 atom stereocenters. The number of benzene rings is 2. The van der Waals surface area contributed by atoms with Crippen LogP contribution in [-0.2, 0) is 16.0 Å². The van der Waals surface area contributed by atoms with Gasteiger partial charge in [0.15, 0.2) is 0 Å².